The maximum absolute atomic E-state index is 13.0. The van der Waals surface area contributed by atoms with Gasteiger partial charge in [-0.25, -0.2) is 0 Å². The van der Waals surface area contributed by atoms with Crippen LogP contribution in [-0.4, -0.2) is 63.2 Å². The number of imide groups is 2. The number of fused-ring (bicyclic) bond motifs is 1. The summed E-state index contributed by atoms with van der Waals surface area (Å²) < 4.78 is 29.8. The second-order valence-corrected chi connectivity index (χ2v) is 9.80. The molecule has 2 aromatic carbocycles. The third-order valence-corrected chi connectivity index (χ3v) is 7.17. The topological polar surface area (TPSA) is 130 Å². The second-order valence-electron chi connectivity index (χ2n) is 8.19. The van der Waals surface area contributed by atoms with Crippen molar-refractivity contribution in [1.82, 2.24) is 10.2 Å². The summed E-state index contributed by atoms with van der Waals surface area (Å²) in [6, 6.07) is 9.94. The molecule has 34 heavy (non-hydrogen) atoms. The Kier molecular flexibility index (Phi) is 6.24. The summed E-state index contributed by atoms with van der Waals surface area (Å²) in [5.74, 6) is -2.30. The molecular weight excluding hydrogens is 462 g/mol. The molecule has 0 radical (unpaired) electrons. The number of carbonyl (C=O) groups excluding carboxylic acids is 4. The number of aryl methyl sites for hydroxylation is 1. The van der Waals surface area contributed by atoms with Gasteiger partial charge in [-0.05, 0) is 43.7 Å². The van der Waals surface area contributed by atoms with Gasteiger partial charge in [0.2, 0.25) is 11.8 Å². The fourth-order valence-corrected chi connectivity index (χ4v) is 4.78. The Labute approximate surface area is 196 Å². The summed E-state index contributed by atoms with van der Waals surface area (Å²) in [5.41, 5.74) is 1.82. The van der Waals surface area contributed by atoms with Gasteiger partial charge in [-0.2, -0.15) is 8.42 Å². The average molecular weight is 486 g/mol. The number of nitrogens with zero attached hydrogens (tertiary/aromatic N) is 2. The lowest BCUT2D eigenvalue weighted by Gasteiger charge is -2.27. The predicted molar refractivity (Wildman–Crippen MR) is 121 cm³/mol. The van der Waals surface area contributed by atoms with E-state index in [-0.39, 0.29) is 42.0 Å². The van der Waals surface area contributed by atoms with Gasteiger partial charge in [-0.15, -0.1) is 0 Å². The first-order valence-corrected chi connectivity index (χ1v) is 12.0. The van der Waals surface area contributed by atoms with Crippen molar-refractivity contribution < 1.29 is 31.8 Å². The van der Waals surface area contributed by atoms with E-state index < -0.39 is 39.8 Å². The number of carbonyl (C=O) groups is 4. The van der Waals surface area contributed by atoms with E-state index in [1.165, 1.54) is 24.3 Å². The molecule has 4 amide bonds. The van der Waals surface area contributed by atoms with E-state index in [9.17, 15) is 27.6 Å². The van der Waals surface area contributed by atoms with Crippen molar-refractivity contribution in [2.24, 2.45) is 0 Å². The molecule has 2 heterocycles. The highest BCUT2D eigenvalue weighted by atomic mass is 32.2. The normalized spacial score (nSPS) is 18.2. The number of rotatable bonds is 7. The van der Waals surface area contributed by atoms with Crippen LogP contribution in [-0.2, 0) is 23.9 Å². The van der Waals surface area contributed by atoms with Crippen molar-refractivity contribution in [3.8, 4) is 0 Å². The highest BCUT2D eigenvalue weighted by Crippen LogP contribution is 2.30. The van der Waals surface area contributed by atoms with E-state index in [0.29, 0.717) is 5.69 Å². The molecule has 0 saturated carbocycles. The number of hydrogen-bond donors (Lipinski definition) is 1. The van der Waals surface area contributed by atoms with Gasteiger partial charge < -0.3 is 4.90 Å². The third kappa shape index (κ3) is 4.44. The number of likely N-dealkylation sites (N-methyl/N-ethyl adjacent to an activating group) is 1. The lowest BCUT2D eigenvalue weighted by Crippen LogP contribution is -2.54. The molecule has 178 valence electrons. The van der Waals surface area contributed by atoms with Crippen molar-refractivity contribution in [2.75, 3.05) is 25.1 Å². The van der Waals surface area contributed by atoms with Crippen molar-refractivity contribution in [2.45, 2.75) is 30.7 Å². The molecule has 2 aliphatic rings. The maximum atomic E-state index is 13.0. The Hall–Kier alpha value is -3.57. The summed E-state index contributed by atoms with van der Waals surface area (Å²) in [7, 11) is -2.21. The van der Waals surface area contributed by atoms with Gasteiger partial charge in [-0.3, -0.25) is 33.6 Å². The Morgan fingerprint density at radius 1 is 1.03 bits per heavy atom. The molecule has 0 aliphatic carbocycles. The molecule has 1 atom stereocenters. The zero-order valence-electron chi connectivity index (χ0n) is 18.6. The maximum Gasteiger partial charge on any atom is 0.297 e. The van der Waals surface area contributed by atoms with Gasteiger partial charge in [0.25, 0.3) is 21.9 Å². The summed E-state index contributed by atoms with van der Waals surface area (Å²) >= 11 is 0. The molecule has 4 rings (SSSR count). The standard InChI is InChI=1S/C23H23N3O7S/c1-14-3-6-16(7-4-14)34(31,32)33-12-11-25(2)15-5-8-17-18(13-15)23(30)26(22(17)29)19-9-10-20(27)24-21(19)28/h3-8,13,19H,9-12H2,1-2H3,(H,24,27,28). The van der Waals surface area contributed by atoms with Gasteiger partial charge in [0.05, 0.1) is 22.6 Å². The minimum atomic E-state index is -3.90. The van der Waals surface area contributed by atoms with E-state index in [1.54, 1.807) is 30.1 Å². The van der Waals surface area contributed by atoms with E-state index in [0.717, 1.165) is 10.5 Å². The lowest BCUT2D eigenvalue weighted by atomic mass is 10.0. The van der Waals surface area contributed by atoms with Crippen LogP contribution >= 0.6 is 0 Å². The predicted octanol–water partition coefficient (Wildman–Crippen LogP) is 1.24. The highest BCUT2D eigenvalue weighted by Gasteiger charge is 2.44. The molecule has 1 saturated heterocycles. The summed E-state index contributed by atoms with van der Waals surface area (Å²) in [6.45, 7) is 1.92. The summed E-state index contributed by atoms with van der Waals surface area (Å²) in [4.78, 5) is 52.0. The van der Waals surface area contributed by atoms with E-state index in [4.69, 9.17) is 4.18 Å². The fraction of sp³-hybridized carbons (Fsp3) is 0.304. The van der Waals surface area contributed by atoms with Gasteiger partial charge >= 0.3 is 0 Å². The van der Waals surface area contributed by atoms with Crippen LogP contribution in [0.1, 0.15) is 39.1 Å². The summed E-state index contributed by atoms with van der Waals surface area (Å²) in [5, 5.41) is 2.16. The molecule has 1 N–H and O–H groups in total. The smallest absolute Gasteiger partial charge is 0.297 e. The van der Waals surface area contributed by atoms with E-state index >= 15 is 0 Å². The SMILES string of the molecule is Cc1ccc(S(=O)(=O)OCCN(C)c2ccc3c(c2)C(=O)N(C2CCC(=O)NC2=O)C3=O)cc1. The Morgan fingerprint density at radius 2 is 1.71 bits per heavy atom. The quantitative estimate of drug-likeness (QED) is 0.458. The van der Waals surface area contributed by atoms with Crippen LogP contribution in [0.4, 0.5) is 5.69 Å². The van der Waals surface area contributed by atoms with E-state index in [2.05, 4.69) is 5.32 Å². The van der Waals surface area contributed by atoms with Gasteiger partial charge in [-0.1, -0.05) is 17.7 Å². The minimum Gasteiger partial charge on any atom is -0.372 e. The number of hydrogen-bond acceptors (Lipinski definition) is 8. The minimum absolute atomic E-state index is 0.0449. The Morgan fingerprint density at radius 3 is 2.38 bits per heavy atom. The third-order valence-electron chi connectivity index (χ3n) is 5.84. The van der Waals surface area contributed by atoms with Crippen LogP contribution in [0, 0.1) is 6.92 Å². The number of nitrogens with one attached hydrogen (secondary N) is 1. The van der Waals surface area contributed by atoms with Crippen LogP contribution in [0.5, 0.6) is 0 Å². The van der Waals surface area contributed by atoms with Crippen molar-refractivity contribution in [3.05, 3.63) is 59.2 Å². The van der Waals surface area contributed by atoms with Gasteiger partial charge in [0, 0.05) is 25.7 Å². The van der Waals surface area contributed by atoms with Gasteiger partial charge in [0.1, 0.15) is 6.04 Å². The highest BCUT2D eigenvalue weighted by molar-refractivity contribution is 7.86. The average Bonchev–Trinajstić information content (AvgIpc) is 3.03. The lowest BCUT2D eigenvalue weighted by molar-refractivity contribution is -0.136. The second kappa shape index (κ2) is 8.99. The molecule has 11 heteroatoms. The molecular formula is C23H23N3O7S. The molecule has 1 fully saturated rings. The van der Waals surface area contributed by atoms with E-state index in [1.807, 2.05) is 6.92 Å². The van der Waals surface area contributed by atoms with Crippen molar-refractivity contribution in [3.63, 3.8) is 0 Å². The monoisotopic (exact) mass is 485 g/mol. The Balaban J connectivity index is 1.43. The largest absolute Gasteiger partial charge is 0.372 e. The van der Waals surface area contributed by atoms with Crippen LogP contribution in [0.2, 0.25) is 0 Å². The Bertz CT molecular complexity index is 1290. The zero-order valence-corrected chi connectivity index (χ0v) is 19.4. The van der Waals surface area contributed by atoms with Crippen LogP contribution in [0.25, 0.3) is 0 Å². The number of piperidine rings is 1. The van der Waals surface area contributed by atoms with Crippen molar-refractivity contribution in [1.29, 1.82) is 0 Å². The summed E-state index contributed by atoms with van der Waals surface area (Å²) in [6.07, 6.45) is 0.124. The first kappa shape index (κ1) is 23.6. The fourth-order valence-electron chi connectivity index (χ4n) is 3.88. The molecule has 2 aliphatic heterocycles. The van der Waals surface area contributed by atoms with Crippen LogP contribution in [0.15, 0.2) is 47.4 Å². The van der Waals surface area contributed by atoms with Crippen molar-refractivity contribution >= 4 is 39.4 Å². The molecule has 1 unspecified atom stereocenters. The van der Waals surface area contributed by atoms with Gasteiger partial charge in [0.15, 0.2) is 0 Å². The molecule has 0 aromatic heterocycles. The number of anilines is 1. The molecule has 0 bridgehead atoms. The molecule has 0 spiro atoms. The number of benzene rings is 2. The zero-order chi connectivity index (χ0) is 24.6. The molecule has 2 aromatic rings. The van der Waals surface area contributed by atoms with Crippen LogP contribution in [0.3, 0.4) is 0 Å². The first-order valence-electron chi connectivity index (χ1n) is 10.6. The number of amides is 4. The molecule has 10 nitrogen and oxygen atoms in total. The first-order chi connectivity index (χ1) is 16.1. The van der Waals surface area contributed by atoms with Crippen LogP contribution < -0.4 is 10.2 Å².